The standard InChI is InChI=1S/C17H29FN2O/c1-5-19(6-2)11-8-12-20(7-3)14(4)16-13-15(18)9-10-17(16)21/h9-10,13-14,21H,5-8,11-12H2,1-4H3. The maximum Gasteiger partial charge on any atom is 0.123 e. The van der Waals surface area contributed by atoms with Crippen molar-refractivity contribution in [2.24, 2.45) is 0 Å². The Morgan fingerprint density at radius 2 is 1.76 bits per heavy atom. The normalized spacial score (nSPS) is 13.1. The number of nitrogens with zero attached hydrogens (tertiary/aromatic N) is 2. The quantitative estimate of drug-likeness (QED) is 0.753. The van der Waals surface area contributed by atoms with Gasteiger partial charge >= 0.3 is 0 Å². The lowest BCUT2D eigenvalue weighted by Crippen LogP contribution is -2.31. The molecule has 0 saturated heterocycles. The van der Waals surface area contributed by atoms with Crippen LogP contribution in [0.2, 0.25) is 0 Å². The Morgan fingerprint density at radius 3 is 2.33 bits per heavy atom. The monoisotopic (exact) mass is 296 g/mol. The minimum Gasteiger partial charge on any atom is -0.508 e. The molecule has 0 heterocycles. The summed E-state index contributed by atoms with van der Waals surface area (Å²) in [7, 11) is 0. The van der Waals surface area contributed by atoms with Gasteiger partial charge in [-0.25, -0.2) is 4.39 Å². The van der Waals surface area contributed by atoms with Gasteiger partial charge in [0.15, 0.2) is 0 Å². The zero-order valence-electron chi connectivity index (χ0n) is 13.8. The van der Waals surface area contributed by atoms with Crippen molar-refractivity contribution in [3.05, 3.63) is 29.6 Å². The molecule has 1 aromatic carbocycles. The molecule has 0 fully saturated rings. The van der Waals surface area contributed by atoms with E-state index in [1.165, 1.54) is 18.2 Å². The van der Waals surface area contributed by atoms with Crippen LogP contribution in [0.4, 0.5) is 4.39 Å². The molecule has 0 aliphatic heterocycles. The largest absolute Gasteiger partial charge is 0.508 e. The second-order valence-corrected chi connectivity index (χ2v) is 5.39. The summed E-state index contributed by atoms with van der Waals surface area (Å²) in [6, 6.07) is 4.18. The van der Waals surface area contributed by atoms with Crippen molar-refractivity contribution < 1.29 is 9.50 Å². The van der Waals surface area contributed by atoms with E-state index in [4.69, 9.17) is 0 Å². The number of aromatic hydroxyl groups is 1. The van der Waals surface area contributed by atoms with Gasteiger partial charge in [-0.2, -0.15) is 0 Å². The van der Waals surface area contributed by atoms with Crippen LogP contribution in [0.15, 0.2) is 18.2 Å². The molecule has 0 aliphatic rings. The van der Waals surface area contributed by atoms with Crippen LogP contribution in [0.5, 0.6) is 5.75 Å². The Labute approximate surface area is 128 Å². The van der Waals surface area contributed by atoms with E-state index in [1.807, 2.05) is 6.92 Å². The van der Waals surface area contributed by atoms with Crippen LogP contribution in [0.3, 0.4) is 0 Å². The maximum atomic E-state index is 13.4. The number of benzene rings is 1. The molecular weight excluding hydrogens is 267 g/mol. The van der Waals surface area contributed by atoms with Crippen LogP contribution < -0.4 is 0 Å². The molecule has 0 saturated carbocycles. The highest BCUT2D eigenvalue weighted by molar-refractivity contribution is 5.34. The summed E-state index contributed by atoms with van der Waals surface area (Å²) in [5.74, 6) is -0.125. The Bertz CT molecular complexity index is 421. The Hall–Kier alpha value is -1.13. The predicted octanol–water partition coefficient (Wildman–Crippen LogP) is 3.65. The first-order chi connectivity index (χ1) is 10.0. The van der Waals surface area contributed by atoms with Crippen molar-refractivity contribution in [1.82, 2.24) is 9.80 Å². The molecule has 0 bridgehead atoms. The van der Waals surface area contributed by atoms with Gasteiger partial charge in [-0.05, 0) is 64.3 Å². The van der Waals surface area contributed by atoms with E-state index in [0.717, 1.165) is 39.1 Å². The Morgan fingerprint density at radius 1 is 1.10 bits per heavy atom. The molecule has 0 amide bonds. The summed E-state index contributed by atoms with van der Waals surface area (Å²) in [5.41, 5.74) is 0.666. The van der Waals surface area contributed by atoms with Crippen molar-refractivity contribution in [2.75, 3.05) is 32.7 Å². The van der Waals surface area contributed by atoms with E-state index < -0.39 is 0 Å². The molecule has 1 atom stereocenters. The average molecular weight is 296 g/mol. The highest BCUT2D eigenvalue weighted by atomic mass is 19.1. The molecule has 21 heavy (non-hydrogen) atoms. The van der Waals surface area contributed by atoms with E-state index in [9.17, 15) is 9.50 Å². The third-order valence-corrected chi connectivity index (χ3v) is 4.21. The maximum absolute atomic E-state index is 13.4. The molecule has 1 N–H and O–H groups in total. The Kier molecular flexibility index (Phi) is 7.68. The molecule has 0 spiro atoms. The first-order valence-corrected chi connectivity index (χ1v) is 7.98. The third kappa shape index (κ3) is 5.29. The lowest BCUT2D eigenvalue weighted by atomic mass is 10.1. The van der Waals surface area contributed by atoms with Crippen LogP contribution >= 0.6 is 0 Å². The average Bonchev–Trinajstić information content (AvgIpc) is 2.49. The summed E-state index contributed by atoms with van der Waals surface area (Å²) in [6.45, 7) is 13.5. The van der Waals surface area contributed by atoms with Crippen LogP contribution in [-0.4, -0.2) is 47.6 Å². The van der Waals surface area contributed by atoms with Gasteiger partial charge in [-0.15, -0.1) is 0 Å². The van der Waals surface area contributed by atoms with Gasteiger partial charge in [0, 0.05) is 11.6 Å². The molecule has 0 aliphatic carbocycles. The van der Waals surface area contributed by atoms with Gasteiger partial charge in [0.2, 0.25) is 0 Å². The van der Waals surface area contributed by atoms with E-state index in [-0.39, 0.29) is 17.6 Å². The zero-order chi connectivity index (χ0) is 15.8. The molecule has 120 valence electrons. The minimum absolute atomic E-state index is 0.0161. The smallest absolute Gasteiger partial charge is 0.123 e. The van der Waals surface area contributed by atoms with Crippen molar-refractivity contribution in [3.63, 3.8) is 0 Å². The van der Waals surface area contributed by atoms with Crippen molar-refractivity contribution in [3.8, 4) is 5.75 Å². The summed E-state index contributed by atoms with van der Waals surface area (Å²) < 4.78 is 13.4. The molecule has 4 heteroatoms. The molecule has 0 aromatic heterocycles. The molecule has 3 nitrogen and oxygen atoms in total. The first kappa shape index (κ1) is 17.9. The SMILES string of the molecule is CCN(CC)CCCN(CC)C(C)c1cc(F)ccc1O. The van der Waals surface area contributed by atoms with Gasteiger partial charge in [-0.1, -0.05) is 20.8 Å². The number of phenolic OH excluding ortho intramolecular Hbond substituents is 1. The number of halogens is 1. The summed E-state index contributed by atoms with van der Waals surface area (Å²) in [4.78, 5) is 4.68. The molecule has 1 aromatic rings. The topological polar surface area (TPSA) is 26.7 Å². The van der Waals surface area contributed by atoms with E-state index in [2.05, 4.69) is 30.6 Å². The van der Waals surface area contributed by atoms with Gasteiger partial charge < -0.3 is 10.0 Å². The molecule has 1 unspecified atom stereocenters. The molecular formula is C17H29FN2O. The second kappa shape index (κ2) is 9.00. The van der Waals surface area contributed by atoms with E-state index >= 15 is 0 Å². The number of phenols is 1. The Balaban J connectivity index is 2.64. The van der Waals surface area contributed by atoms with Gasteiger partial charge in [-0.3, -0.25) is 4.90 Å². The summed E-state index contributed by atoms with van der Waals surface area (Å²) in [6.07, 6.45) is 1.08. The van der Waals surface area contributed by atoms with E-state index in [0.29, 0.717) is 5.56 Å². The lowest BCUT2D eigenvalue weighted by molar-refractivity contribution is 0.197. The van der Waals surface area contributed by atoms with Crippen LogP contribution in [-0.2, 0) is 0 Å². The molecule has 1 rings (SSSR count). The number of hydrogen-bond acceptors (Lipinski definition) is 3. The fourth-order valence-electron chi connectivity index (χ4n) is 2.72. The minimum atomic E-state index is -0.297. The highest BCUT2D eigenvalue weighted by Crippen LogP contribution is 2.29. The number of hydrogen-bond donors (Lipinski definition) is 1. The van der Waals surface area contributed by atoms with Crippen LogP contribution in [0, 0.1) is 5.82 Å². The summed E-state index contributed by atoms with van der Waals surface area (Å²) in [5, 5.41) is 9.94. The van der Waals surface area contributed by atoms with E-state index in [1.54, 1.807) is 0 Å². The van der Waals surface area contributed by atoms with Crippen LogP contribution in [0.1, 0.15) is 45.7 Å². The van der Waals surface area contributed by atoms with Gasteiger partial charge in [0.1, 0.15) is 11.6 Å². The van der Waals surface area contributed by atoms with Gasteiger partial charge in [0.05, 0.1) is 0 Å². The van der Waals surface area contributed by atoms with Crippen molar-refractivity contribution in [2.45, 2.75) is 40.2 Å². The van der Waals surface area contributed by atoms with Crippen LogP contribution in [0.25, 0.3) is 0 Å². The van der Waals surface area contributed by atoms with Gasteiger partial charge in [0.25, 0.3) is 0 Å². The molecule has 0 radical (unpaired) electrons. The fraction of sp³-hybridized carbons (Fsp3) is 0.647. The highest BCUT2D eigenvalue weighted by Gasteiger charge is 2.18. The fourth-order valence-corrected chi connectivity index (χ4v) is 2.72. The predicted molar refractivity (Wildman–Crippen MR) is 86.1 cm³/mol. The zero-order valence-corrected chi connectivity index (χ0v) is 13.8. The third-order valence-electron chi connectivity index (χ3n) is 4.21. The second-order valence-electron chi connectivity index (χ2n) is 5.39. The first-order valence-electron chi connectivity index (χ1n) is 7.98. The number of rotatable bonds is 9. The van der Waals surface area contributed by atoms with Crippen molar-refractivity contribution in [1.29, 1.82) is 0 Å². The summed E-state index contributed by atoms with van der Waals surface area (Å²) >= 11 is 0. The lowest BCUT2D eigenvalue weighted by Gasteiger charge is -2.29. The van der Waals surface area contributed by atoms with Crippen molar-refractivity contribution >= 4 is 0 Å².